The monoisotopic (exact) mass is 391 g/mol. The highest BCUT2D eigenvalue weighted by Gasteiger charge is 2.35. The van der Waals surface area contributed by atoms with Gasteiger partial charge in [0.1, 0.15) is 6.10 Å². The third-order valence-electron chi connectivity index (χ3n) is 3.72. The van der Waals surface area contributed by atoms with E-state index < -0.39 is 24.1 Å². The Bertz CT molecular complexity index is 410. The highest BCUT2D eigenvalue weighted by atomic mass is 35.5. The number of hydrogen-bond donors (Lipinski definition) is 4. The first-order valence-electron chi connectivity index (χ1n) is 6.93. The molecule has 0 unspecified atom stereocenters. The summed E-state index contributed by atoms with van der Waals surface area (Å²) in [5, 5.41) is 32.5. The number of carboxylic acid groups (broad SMARTS) is 2. The third-order valence-corrected chi connectivity index (χ3v) is 3.72. The lowest BCUT2D eigenvalue weighted by molar-refractivity contribution is -0.165. The van der Waals surface area contributed by atoms with E-state index in [1.807, 2.05) is 0 Å². The SMILES string of the molecule is CC(=O)O[C@H]1CN2CCC1CC2.Cl.Cl.O=C(O)[C@H](O)[C@@H](O)C(=O)O. The normalized spacial score (nSPS) is 26.4. The third kappa shape index (κ3) is 7.63. The highest BCUT2D eigenvalue weighted by Crippen LogP contribution is 2.29. The van der Waals surface area contributed by atoms with E-state index >= 15 is 0 Å². The van der Waals surface area contributed by atoms with E-state index in [2.05, 4.69) is 4.90 Å². The zero-order valence-electron chi connectivity index (χ0n) is 13.0. The summed E-state index contributed by atoms with van der Waals surface area (Å²) >= 11 is 0. The minimum Gasteiger partial charge on any atom is -0.479 e. The number of carboxylic acids is 2. The molecule has 2 bridgehead atoms. The highest BCUT2D eigenvalue weighted by molar-refractivity contribution is 5.85. The van der Waals surface area contributed by atoms with Gasteiger partial charge in [-0.1, -0.05) is 0 Å². The number of esters is 1. The predicted molar refractivity (Wildman–Crippen MR) is 86.5 cm³/mol. The first-order chi connectivity index (χ1) is 10.2. The molecule has 142 valence electrons. The fourth-order valence-corrected chi connectivity index (χ4v) is 2.53. The van der Waals surface area contributed by atoms with Gasteiger partial charge in [-0.05, 0) is 31.8 Å². The number of aliphatic hydroxyl groups excluding tert-OH is 2. The summed E-state index contributed by atoms with van der Waals surface area (Å²) in [4.78, 5) is 32.7. The van der Waals surface area contributed by atoms with E-state index in [1.54, 1.807) is 0 Å². The lowest BCUT2D eigenvalue weighted by atomic mass is 9.86. The summed E-state index contributed by atoms with van der Waals surface area (Å²) in [6.07, 6.45) is -1.93. The molecule has 0 aliphatic carbocycles. The number of ether oxygens (including phenoxy) is 1. The van der Waals surface area contributed by atoms with Crippen molar-refractivity contribution < 1.29 is 39.5 Å². The molecular formula is C13H23Cl2NO8. The van der Waals surface area contributed by atoms with Crippen molar-refractivity contribution >= 4 is 42.7 Å². The molecule has 4 N–H and O–H groups in total. The zero-order chi connectivity index (χ0) is 16.9. The van der Waals surface area contributed by atoms with Gasteiger partial charge >= 0.3 is 17.9 Å². The first kappa shape index (κ1) is 25.1. The van der Waals surface area contributed by atoms with E-state index in [0.29, 0.717) is 5.92 Å². The van der Waals surface area contributed by atoms with Gasteiger partial charge in [-0.2, -0.15) is 0 Å². The van der Waals surface area contributed by atoms with Gasteiger partial charge in [0.15, 0.2) is 12.2 Å². The fourth-order valence-electron chi connectivity index (χ4n) is 2.53. The lowest BCUT2D eigenvalue weighted by Crippen LogP contribution is -2.51. The van der Waals surface area contributed by atoms with E-state index in [-0.39, 0.29) is 36.9 Å². The van der Waals surface area contributed by atoms with Gasteiger partial charge in [-0.25, -0.2) is 9.59 Å². The summed E-state index contributed by atoms with van der Waals surface area (Å²) < 4.78 is 5.24. The van der Waals surface area contributed by atoms with E-state index in [1.165, 1.54) is 32.9 Å². The largest absolute Gasteiger partial charge is 0.479 e. The molecule has 24 heavy (non-hydrogen) atoms. The molecule has 9 nitrogen and oxygen atoms in total. The van der Waals surface area contributed by atoms with Crippen LogP contribution in [0, 0.1) is 5.92 Å². The van der Waals surface area contributed by atoms with Gasteiger partial charge in [-0.15, -0.1) is 24.8 Å². The molecule has 3 fully saturated rings. The summed E-state index contributed by atoms with van der Waals surface area (Å²) in [6.45, 7) is 4.85. The summed E-state index contributed by atoms with van der Waals surface area (Å²) in [5.41, 5.74) is 0. The van der Waals surface area contributed by atoms with Gasteiger partial charge in [-0.3, -0.25) is 9.69 Å². The van der Waals surface area contributed by atoms with E-state index in [9.17, 15) is 14.4 Å². The molecule has 0 aromatic carbocycles. The topological polar surface area (TPSA) is 145 Å². The molecule has 3 aliphatic heterocycles. The maximum Gasteiger partial charge on any atom is 0.335 e. The van der Waals surface area contributed by atoms with Crippen LogP contribution >= 0.6 is 24.8 Å². The van der Waals surface area contributed by atoms with Gasteiger partial charge in [0.05, 0.1) is 0 Å². The Morgan fingerprint density at radius 2 is 1.42 bits per heavy atom. The van der Waals surface area contributed by atoms with Crippen LogP contribution in [0.3, 0.4) is 0 Å². The maximum absolute atomic E-state index is 10.7. The molecule has 0 aromatic rings. The number of fused-ring (bicyclic) bond motifs is 3. The van der Waals surface area contributed by atoms with Crippen molar-refractivity contribution in [3.05, 3.63) is 0 Å². The molecule has 3 saturated heterocycles. The van der Waals surface area contributed by atoms with Crippen LogP contribution in [0.2, 0.25) is 0 Å². The number of piperidine rings is 3. The Labute approximate surface area is 151 Å². The number of carbonyl (C=O) groups is 3. The molecule has 3 heterocycles. The number of nitrogens with zero attached hydrogens (tertiary/aromatic N) is 1. The predicted octanol–water partition coefficient (Wildman–Crippen LogP) is -0.635. The van der Waals surface area contributed by atoms with Crippen LogP contribution in [0.25, 0.3) is 0 Å². The Balaban J connectivity index is 0. The minimum absolute atomic E-state index is 0. The first-order valence-corrected chi connectivity index (χ1v) is 6.93. The van der Waals surface area contributed by atoms with E-state index in [0.717, 1.165) is 6.54 Å². The average molecular weight is 392 g/mol. The Kier molecular flexibility index (Phi) is 12.0. The van der Waals surface area contributed by atoms with E-state index in [4.69, 9.17) is 25.2 Å². The minimum atomic E-state index is -2.27. The van der Waals surface area contributed by atoms with Crippen LogP contribution in [-0.4, -0.2) is 81.2 Å². The summed E-state index contributed by atoms with van der Waals surface area (Å²) in [6, 6.07) is 0. The van der Waals surface area contributed by atoms with Gasteiger partial charge in [0.2, 0.25) is 0 Å². The molecule has 3 rings (SSSR count). The van der Waals surface area contributed by atoms with Crippen LogP contribution in [-0.2, 0) is 19.1 Å². The van der Waals surface area contributed by atoms with Crippen LogP contribution < -0.4 is 0 Å². The molecule has 11 heteroatoms. The molecule has 0 saturated carbocycles. The van der Waals surface area contributed by atoms with Crippen molar-refractivity contribution in [2.45, 2.75) is 38.1 Å². The lowest BCUT2D eigenvalue weighted by Gasteiger charge is -2.43. The van der Waals surface area contributed by atoms with Crippen LogP contribution in [0.1, 0.15) is 19.8 Å². The van der Waals surface area contributed by atoms with Crippen molar-refractivity contribution in [3.8, 4) is 0 Å². The van der Waals surface area contributed by atoms with Crippen molar-refractivity contribution in [3.63, 3.8) is 0 Å². The number of rotatable bonds is 4. The van der Waals surface area contributed by atoms with Crippen LogP contribution in [0.4, 0.5) is 0 Å². The second-order valence-corrected chi connectivity index (χ2v) is 5.35. The zero-order valence-corrected chi connectivity index (χ0v) is 14.7. The van der Waals surface area contributed by atoms with Gasteiger partial charge in [0.25, 0.3) is 0 Å². The smallest absolute Gasteiger partial charge is 0.335 e. The van der Waals surface area contributed by atoms with Crippen molar-refractivity contribution in [2.24, 2.45) is 5.92 Å². The number of aliphatic carboxylic acids is 2. The maximum atomic E-state index is 10.7. The van der Waals surface area contributed by atoms with Crippen LogP contribution in [0.15, 0.2) is 0 Å². The molecule has 3 aliphatic rings. The number of carbonyl (C=O) groups excluding carboxylic acids is 1. The molecule has 0 spiro atoms. The summed E-state index contributed by atoms with van der Waals surface area (Å²) in [7, 11) is 0. The molecular weight excluding hydrogens is 369 g/mol. The van der Waals surface area contributed by atoms with Crippen molar-refractivity contribution in [2.75, 3.05) is 19.6 Å². The molecule has 0 radical (unpaired) electrons. The number of hydrogen-bond acceptors (Lipinski definition) is 7. The van der Waals surface area contributed by atoms with Crippen LogP contribution in [0.5, 0.6) is 0 Å². The molecule has 0 amide bonds. The quantitative estimate of drug-likeness (QED) is 0.459. The van der Waals surface area contributed by atoms with Crippen molar-refractivity contribution in [1.29, 1.82) is 0 Å². The fraction of sp³-hybridized carbons (Fsp3) is 0.769. The number of aliphatic hydroxyl groups is 2. The molecule has 0 aromatic heterocycles. The Morgan fingerprint density at radius 3 is 1.67 bits per heavy atom. The van der Waals surface area contributed by atoms with Gasteiger partial charge < -0.3 is 25.2 Å². The average Bonchev–Trinajstić information content (AvgIpc) is 2.46. The summed E-state index contributed by atoms with van der Waals surface area (Å²) in [5.74, 6) is -3.03. The number of halogens is 2. The van der Waals surface area contributed by atoms with Gasteiger partial charge in [0, 0.05) is 13.5 Å². The van der Waals surface area contributed by atoms with Crippen molar-refractivity contribution in [1.82, 2.24) is 4.90 Å². The second kappa shape index (κ2) is 11.4. The standard InChI is InChI=1S/C9H15NO2.C4H6O6.2ClH/c1-7(11)12-9-6-10-4-2-8(9)3-5-10;5-1(3(7)8)2(6)4(9)10;;/h8-9H,2-6H2,1H3;1-2,5-6H,(H,7,8)(H,9,10);2*1H/t9-;1-,2-;;/m01../s1. The molecule has 3 atom stereocenters. The second-order valence-electron chi connectivity index (χ2n) is 5.35. The Morgan fingerprint density at radius 1 is 1.00 bits per heavy atom. The Hall–Kier alpha value is -1.13.